The molecule has 0 aliphatic heterocycles. The molecule has 3 heteroatoms. The van der Waals surface area contributed by atoms with E-state index in [-0.39, 0.29) is 5.41 Å². The lowest BCUT2D eigenvalue weighted by Gasteiger charge is -2.25. The zero-order valence-electron chi connectivity index (χ0n) is 12.2. The summed E-state index contributed by atoms with van der Waals surface area (Å²) in [5.74, 6) is 0. The molecule has 1 aromatic heterocycles. The van der Waals surface area contributed by atoms with E-state index in [0.29, 0.717) is 0 Å². The molecule has 0 aliphatic carbocycles. The fourth-order valence-electron chi connectivity index (χ4n) is 2.52. The second kappa shape index (κ2) is 6.22. The van der Waals surface area contributed by atoms with Gasteiger partial charge in [0.05, 0.1) is 0 Å². The van der Waals surface area contributed by atoms with Crippen molar-refractivity contribution in [1.82, 2.24) is 15.6 Å². The number of nitrogens with one attached hydrogen (secondary N) is 3. The lowest BCUT2D eigenvalue weighted by atomic mass is 9.84. The van der Waals surface area contributed by atoms with Gasteiger partial charge >= 0.3 is 0 Å². The summed E-state index contributed by atoms with van der Waals surface area (Å²) in [5, 5.41) is 8.07. The number of hydrogen-bond acceptors (Lipinski definition) is 2. The summed E-state index contributed by atoms with van der Waals surface area (Å²) in [7, 11) is 2.00. The third-order valence-corrected chi connectivity index (χ3v) is 3.67. The summed E-state index contributed by atoms with van der Waals surface area (Å²) in [6, 6.07) is 8.51. The molecule has 0 saturated heterocycles. The van der Waals surface area contributed by atoms with E-state index in [4.69, 9.17) is 0 Å². The van der Waals surface area contributed by atoms with Crippen LogP contribution in [0.2, 0.25) is 0 Å². The van der Waals surface area contributed by atoms with Crippen molar-refractivity contribution in [1.29, 1.82) is 0 Å². The fraction of sp³-hybridized carbons (Fsp3) is 0.500. The molecule has 3 nitrogen and oxygen atoms in total. The van der Waals surface area contributed by atoms with Crippen LogP contribution >= 0.6 is 0 Å². The molecule has 0 saturated carbocycles. The van der Waals surface area contributed by atoms with E-state index in [1.807, 2.05) is 7.05 Å². The highest BCUT2D eigenvalue weighted by molar-refractivity contribution is 5.84. The molecule has 0 fully saturated rings. The van der Waals surface area contributed by atoms with E-state index in [9.17, 15) is 0 Å². The normalized spacial score (nSPS) is 12.2. The van der Waals surface area contributed by atoms with Crippen LogP contribution in [0, 0.1) is 0 Å². The molecule has 0 aliphatic rings. The van der Waals surface area contributed by atoms with Gasteiger partial charge in [0, 0.05) is 29.1 Å². The molecule has 0 spiro atoms. The van der Waals surface area contributed by atoms with Crippen LogP contribution in [-0.4, -0.2) is 31.7 Å². The zero-order chi connectivity index (χ0) is 13.7. The van der Waals surface area contributed by atoms with E-state index in [0.717, 1.165) is 19.6 Å². The number of benzene rings is 1. The van der Waals surface area contributed by atoms with Gasteiger partial charge in [-0.15, -0.1) is 0 Å². The Kier molecular flexibility index (Phi) is 4.61. The zero-order valence-corrected chi connectivity index (χ0v) is 12.2. The topological polar surface area (TPSA) is 39.8 Å². The molecule has 2 aromatic rings. The second-order valence-electron chi connectivity index (χ2n) is 5.77. The monoisotopic (exact) mass is 259 g/mol. The lowest BCUT2D eigenvalue weighted by molar-refractivity contribution is 0.467. The number of aromatic nitrogens is 1. The van der Waals surface area contributed by atoms with Crippen molar-refractivity contribution in [2.75, 3.05) is 26.7 Å². The van der Waals surface area contributed by atoms with Crippen LogP contribution in [-0.2, 0) is 5.41 Å². The number of aromatic amines is 1. The largest absolute Gasteiger partial charge is 0.361 e. The van der Waals surface area contributed by atoms with Gasteiger partial charge in [-0.1, -0.05) is 32.0 Å². The van der Waals surface area contributed by atoms with Crippen LogP contribution in [0.15, 0.2) is 30.5 Å². The second-order valence-corrected chi connectivity index (χ2v) is 5.77. The average Bonchev–Trinajstić information content (AvgIpc) is 2.83. The first-order valence-corrected chi connectivity index (χ1v) is 7.07. The molecule has 0 unspecified atom stereocenters. The van der Waals surface area contributed by atoms with Crippen LogP contribution in [0.5, 0.6) is 0 Å². The highest BCUT2D eigenvalue weighted by Gasteiger charge is 2.23. The van der Waals surface area contributed by atoms with Crippen LogP contribution in [0.1, 0.15) is 25.8 Å². The SMILES string of the molecule is CNCCCNCC(C)(C)c1c[nH]c2ccccc12. The molecule has 1 aromatic carbocycles. The molecule has 0 amide bonds. The predicted molar refractivity (Wildman–Crippen MR) is 82.7 cm³/mol. The summed E-state index contributed by atoms with van der Waals surface area (Å²) < 4.78 is 0. The summed E-state index contributed by atoms with van der Waals surface area (Å²) >= 11 is 0. The van der Waals surface area contributed by atoms with E-state index < -0.39 is 0 Å². The minimum Gasteiger partial charge on any atom is -0.361 e. The Morgan fingerprint density at radius 3 is 2.74 bits per heavy atom. The fourth-order valence-corrected chi connectivity index (χ4v) is 2.52. The Morgan fingerprint density at radius 2 is 1.95 bits per heavy atom. The van der Waals surface area contributed by atoms with Crippen molar-refractivity contribution in [2.24, 2.45) is 0 Å². The Hall–Kier alpha value is -1.32. The number of hydrogen-bond donors (Lipinski definition) is 3. The molecular weight excluding hydrogens is 234 g/mol. The molecule has 0 radical (unpaired) electrons. The van der Waals surface area contributed by atoms with Crippen LogP contribution in [0.4, 0.5) is 0 Å². The van der Waals surface area contributed by atoms with E-state index in [1.54, 1.807) is 0 Å². The third-order valence-electron chi connectivity index (χ3n) is 3.67. The highest BCUT2D eigenvalue weighted by atomic mass is 14.9. The van der Waals surface area contributed by atoms with Gasteiger partial charge in [0.1, 0.15) is 0 Å². The Balaban J connectivity index is 2.02. The van der Waals surface area contributed by atoms with Crippen molar-refractivity contribution in [2.45, 2.75) is 25.7 Å². The first-order chi connectivity index (χ1) is 9.15. The minimum absolute atomic E-state index is 0.138. The number of fused-ring (bicyclic) bond motifs is 1. The van der Waals surface area contributed by atoms with Crippen molar-refractivity contribution >= 4 is 10.9 Å². The first kappa shape index (κ1) is 14.1. The standard InChI is InChI=1S/C16H25N3/c1-16(2,12-18-10-6-9-17-3)14-11-19-15-8-5-4-7-13(14)15/h4-5,7-8,11,17-19H,6,9-10,12H2,1-3H3. The molecule has 1 heterocycles. The third kappa shape index (κ3) is 3.37. The van der Waals surface area contributed by atoms with Crippen LogP contribution < -0.4 is 10.6 Å². The van der Waals surface area contributed by atoms with Crippen molar-refractivity contribution in [3.8, 4) is 0 Å². The Morgan fingerprint density at radius 1 is 1.16 bits per heavy atom. The minimum atomic E-state index is 0.138. The number of rotatable bonds is 7. The smallest absolute Gasteiger partial charge is 0.0457 e. The van der Waals surface area contributed by atoms with Crippen molar-refractivity contribution in [3.63, 3.8) is 0 Å². The molecule has 19 heavy (non-hydrogen) atoms. The number of para-hydroxylation sites is 1. The molecule has 104 valence electrons. The van der Waals surface area contributed by atoms with Crippen molar-refractivity contribution < 1.29 is 0 Å². The van der Waals surface area contributed by atoms with Crippen LogP contribution in [0.3, 0.4) is 0 Å². The number of H-pyrrole nitrogens is 1. The van der Waals surface area contributed by atoms with Gasteiger partial charge in [0.25, 0.3) is 0 Å². The quantitative estimate of drug-likeness (QED) is 0.669. The summed E-state index contributed by atoms with van der Waals surface area (Å²) in [4.78, 5) is 3.37. The first-order valence-electron chi connectivity index (χ1n) is 7.07. The molecule has 0 bridgehead atoms. The van der Waals surface area contributed by atoms with Crippen LogP contribution in [0.25, 0.3) is 10.9 Å². The summed E-state index contributed by atoms with van der Waals surface area (Å²) in [5.41, 5.74) is 2.75. The maximum atomic E-state index is 3.56. The average molecular weight is 259 g/mol. The highest BCUT2D eigenvalue weighted by Crippen LogP contribution is 2.29. The van der Waals surface area contributed by atoms with Gasteiger partial charge < -0.3 is 15.6 Å². The van der Waals surface area contributed by atoms with E-state index >= 15 is 0 Å². The molecule has 0 atom stereocenters. The van der Waals surface area contributed by atoms with E-state index in [1.165, 1.54) is 22.9 Å². The summed E-state index contributed by atoms with van der Waals surface area (Å²) in [6.07, 6.45) is 3.32. The van der Waals surface area contributed by atoms with Gasteiger partial charge in [-0.3, -0.25) is 0 Å². The Labute approximate surface area is 115 Å². The van der Waals surface area contributed by atoms with Gasteiger partial charge in [-0.2, -0.15) is 0 Å². The molecule has 2 rings (SSSR count). The van der Waals surface area contributed by atoms with Gasteiger partial charge in [0.15, 0.2) is 0 Å². The van der Waals surface area contributed by atoms with Gasteiger partial charge in [0.2, 0.25) is 0 Å². The van der Waals surface area contributed by atoms with Gasteiger partial charge in [-0.05, 0) is 38.2 Å². The van der Waals surface area contributed by atoms with Gasteiger partial charge in [-0.25, -0.2) is 0 Å². The molecular formula is C16H25N3. The van der Waals surface area contributed by atoms with E-state index in [2.05, 4.69) is 59.9 Å². The molecule has 3 N–H and O–H groups in total. The lowest BCUT2D eigenvalue weighted by Crippen LogP contribution is -2.34. The predicted octanol–water partition coefficient (Wildman–Crippen LogP) is 2.64. The Bertz CT molecular complexity index is 513. The summed E-state index contributed by atoms with van der Waals surface area (Å²) in [6.45, 7) is 7.73. The van der Waals surface area contributed by atoms with Crippen molar-refractivity contribution in [3.05, 3.63) is 36.0 Å². The maximum Gasteiger partial charge on any atom is 0.0457 e. The maximum absolute atomic E-state index is 3.56.